The predicted octanol–water partition coefficient (Wildman–Crippen LogP) is 2.30. The molecule has 0 amide bonds. The van der Waals surface area contributed by atoms with Gasteiger partial charge in [0.25, 0.3) is 0 Å². The third-order valence-electron chi connectivity index (χ3n) is 1.83. The summed E-state index contributed by atoms with van der Waals surface area (Å²) in [4.78, 5) is 1.07. The topological polar surface area (TPSA) is 46.2 Å². The summed E-state index contributed by atoms with van der Waals surface area (Å²) in [6.07, 6.45) is 3.64. The molecule has 0 aliphatic heterocycles. The number of rotatable bonds is 3. The Morgan fingerprint density at radius 2 is 2.31 bits per heavy atom. The van der Waals surface area contributed by atoms with E-state index in [4.69, 9.17) is 5.73 Å². The second-order valence-corrected chi connectivity index (χ2v) is 3.54. The Morgan fingerprint density at radius 3 is 2.85 bits per heavy atom. The number of thioether (sulfide) groups is 1. The van der Waals surface area contributed by atoms with Gasteiger partial charge >= 0.3 is 0 Å². The molecule has 3 N–H and O–H groups in total. The maximum Gasteiger partial charge on any atom is 0.116 e. The van der Waals surface area contributed by atoms with Crippen LogP contribution >= 0.6 is 11.8 Å². The summed E-state index contributed by atoms with van der Waals surface area (Å²) in [7, 11) is 0. The fourth-order valence-corrected chi connectivity index (χ4v) is 1.74. The van der Waals surface area contributed by atoms with Crippen molar-refractivity contribution in [3.8, 4) is 5.75 Å². The Morgan fingerprint density at radius 1 is 1.62 bits per heavy atom. The van der Waals surface area contributed by atoms with Crippen molar-refractivity contribution >= 4 is 11.8 Å². The van der Waals surface area contributed by atoms with Gasteiger partial charge in [-0.25, -0.2) is 0 Å². The summed E-state index contributed by atoms with van der Waals surface area (Å²) in [5, 5.41) is 9.28. The summed E-state index contributed by atoms with van der Waals surface area (Å²) >= 11 is 1.61. The van der Waals surface area contributed by atoms with E-state index in [2.05, 4.69) is 6.58 Å². The van der Waals surface area contributed by atoms with Crippen LogP contribution in [0.4, 0.5) is 0 Å². The van der Waals surface area contributed by atoms with Gasteiger partial charge in [-0.1, -0.05) is 6.08 Å². The third-order valence-corrected chi connectivity index (χ3v) is 2.64. The lowest BCUT2D eigenvalue weighted by Gasteiger charge is -2.11. The monoisotopic (exact) mass is 195 g/mol. The van der Waals surface area contributed by atoms with Crippen LogP contribution in [-0.4, -0.2) is 11.4 Å². The van der Waals surface area contributed by atoms with Crippen LogP contribution in [0.1, 0.15) is 11.6 Å². The van der Waals surface area contributed by atoms with Crippen LogP contribution in [0.2, 0.25) is 0 Å². The zero-order valence-electron chi connectivity index (χ0n) is 7.53. The van der Waals surface area contributed by atoms with Gasteiger partial charge in [-0.2, -0.15) is 0 Å². The third kappa shape index (κ3) is 2.26. The normalized spacial score (nSPS) is 12.5. The lowest BCUT2D eigenvalue weighted by molar-refractivity contribution is 0.473. The van der Waals surface area contributed by atoms with Gasteiger partial charge in [0.1, 0.15) is 5.75 Å². The molecule has 1 rings (SSSR count). The van der Waals surface area contributed by atoms with Crippen molar-refractivity contribution < 1.29 is 5.11 Å². The smallest absolute Gasteiger partial charge is 0.116 e. The van der Waals surface area contributed by atoms with Crippen LogP contribution in [0.3, 0.4) is 0 Å². The number of phenols is 1. The zero-order valence-corrected chi connectivity index (χ0v) is 8.34. The Hall–Kier alpha value is -0.930. The lowest BCUT2D eigenvalue weighted by Crippen LogP contribution is -2.07. The van der Waals surface area contributed by atoms with Gasteiger partial charge in [-0.15, -0.1) is 18.3 Å². The lowest BCUT2D eigenvalue weighted by atomic mass is 10.1. The molecular formula is C10H13NOS. The summed E-state index contributed by atoms with van der Waals surface area (Å²) in [5.74, 6) is 0.241. The SMILES string of the molecule is C=C[C@H](N)c1cc(O)ccc1SC. The molecule has 0 heterocycles. The Balaban J connectivity index is 3.14. The number of nitrogens with two attached hydrogens (primary N) is 1. The van der Waals surface area contributed by atoms with Crippen LogP contribution in [0.25, 0.3) is 0 Å². The van der Waals surface area contributed by atoms with E-state index < -0.39 is 0 Å². The molecule has 0 unspecified atom stereocenters. The molecule has 3 heteroatoms. The first-order valence-corrected chi connectivity index (χ1v) is 5.16. The largest absolute Gasteiger partial charge is 0.508 e. The molecule has 0 spiro atoms. The molecule has 0 aliphatic rings. The van der Waals surface area contributed by atoms with Crippen molar-refractivity contribution in [3.63, 3.8) is 0 Å². The molecule has 0 radical (unpaired) electrons. The minimum absolute atomic E-state index is 0.213. The van der Waals surface area contributed by atoms with Crippen LogP contribution < -0.4 is 5.73 Å². The molecule has 0 bridgehead atoms. The average molecular weight is 195 g/mol. The standard InChI is InChI=1S/C10H13NOS/c1-3-9(11)8-6-7(12)4-5-10(8)13-2/h3-6,9,12H,1,11H2,2H3/t9-/m0/s1. The van der Waals surface area contributed by atoms with E-state index in [-0.39, 0.29) is 11.8 Å². The quantitative estimate of drug-likeness (QED) is 0.574. The fraction of sp³-hybridized carbons (Fsp3) is 0.200. The fourth-order valence-electron chi connectivity index (χ4n) is 1.11. The number of hydrogen-bond donors (Lipinski definition) is 2. The summed E-state index contributed by atoms with van der Waals surface area (Å²) in [6, 6.07) is 4.98. The number of phenolic OH excluding ortho intramolecular Hbond substituents is 1. The van der Waals surface area contributed by atoms with Crippen molar-refractivity contribution in [2.45, 2.75) is 10.9 Å². The van der Waals surface area contributed by atoms with Gasteiger partial charge in [0.05, 0.1) is 0 Å². The highest BCUT2D eigenvalue weighted by atomic mass is 32.2. The Labute approximate surface area is 82.5 Å². The van der Waals surface area contributed by atoms with Crippen LogP contribution in [0, 0.1) is 0 Å². The molecule has 1 aromatic carbocycles. The average Bonchev–Trinajstić information content (AvgIpc) is 2.16. The summed E-state index contributed by atoms with van der Waals surface area (Å²) < 4.78 is 0. The highest BCUT2D eigenvalue weighted by Gasteiger charge is 2.07. The van der Waals surface area contributed by atoms with Gasteiger partial charge in [0, 0.05) is 10.9 Å². The Kier molecular flexibility index (Phi) is 3.39. The van der Waals surface area contributed by atoms with Crippen LogP contribution in [-0.2, 0) is 0 Å². The van der Waals surface area contributed by atoms with Crippen LogP contribution in [0.15, 0.2) is 35.7 Å². The first-order chi connectivity index (χ1) is 6.19. The number of benzene rings is 1. The van der Waals surface area contributed by atoms with Crippen molar-refractivity contribution in [2.75, 3.05) is 6.26 Å². The van der Waals surface area contributed by atoms with E-state index >= 15 is 0 Å². The predicted molar refractivity (Wildman–Crippen MR) is 57.0 cm³/mol. The molecule has 0 saturated carbocycles. The maximum absolute atomic E-state index is 9.28. The second-order valence-electron chi connectivity index (χ2n) is 2.69. The van der Waals surface area contributed by atoms with Crippen LogP contribution in [0.5, 0.6) is 5.75 Å². The first-order valence-electron chi connectivity index (χ1n) is 3.94. The molecule has 13 heavy (non-hydrogen) atoms. The maximum atomic E-state index is 9.28. The van der Waals surface area contributed by atoms with E-state index in [0.29, 0.717) is 0 Å². The molecule has 0 saturated heterocycles. The minimum Gasteiger partial charge on any atom is -0.508 e. The van der Waals surface area contributed by atoms with Gasteiger partial charge in [0.15, 0.2) is 0 Å². The molecule has 2 nitrogen and oxygen atoms in total. The minimum atomic E-state index is -0.213. The van der Waals surface area contributed by atoms with Gasteiger partial charge < -0.3 is 10.8 Å². The number of aromatic hydroxyl groups is 1. The Bertz CT molecular complexity index is 312. The molecule has 1 atom stereocenters. The second kappa shape index (κ2) is 4.35. The highest BCUT2D eigenvalue weighted by Crippen LogP contribution is 2.28. The molecule has 0 aliphatic carbocycles. The highest BCUT2D eigenvalue weighted by molar-refractivity contribution is 7.98. The zero-order chi connectivity index (χ0) is 9.84. The van der Waals surface area contributed by atoms with E-state index in [0.717, 1.165) is 10.5 Å². The van der Waals surface area contributed by atoms with Crippen molar-refractivity contribution in [1.82, 2.24) is 0 Å². The molecule has 0 aromatic heterocycles. The number of hydrogen-bond acceptors (Lipinski definition) is 3. The first kappa shape index (κ1) is 10.2. The van der Waals surface area contributed by atoms with Gasteiger partial charge in [0.2, 0.25) is 0 Å². The van der Waals surface area contributed by atoms with E-state index in [1.165, 1.54) is 0 Å². The summed E-state index contributed by atoms with van der Waals surface area (Å²) in [5.41, 5.74) is 6.72. The molecule has 1 aromatic rings. The van der Waals surface area contributed by atoms with E-state index in [1.54, 1.807) is 30.0 Å². The van der Waals surface area contributed by atoms with E-state index in [9.17, 15) is 5.11 Å². The van der Waals surface area contributed by atoms with Crippen molar-refractivity contribution in [2.24, 2.45) is 5.73 Å². The molecule has 0 fully saturated rings. The molecule has 70 valence electrons. The summed E-state index contributed by atoms with van der Waals surface area (Å²) in [6.45, 7) is 3.63. The van der Waals surface area contributed by atoms with Gasteiger partial charge in [-0.05, 0) is 30.0 Å². The van der Waals surface area contributed by atoms with Gasteiger partial charge in [-0.3, -0.25) is 0 Å². The van der Waals surface area contributed by atoms with Crippen molar-refractivity contribution in [1.29, 1.82) is 0 Å². The van der Waals surface area contributed by atoms with Crippen molar-refractivity contribution in [3.05, 3.63) is 36.4 Å². The molecular weight excluding hydrogens is 182 g/mol. The van der Waals surface area contributed by atoms with E-state index in [1.807, 2.05) is 12.3 Å².